The molecule has 0 saturated heterocycles. The van der Waals surface area contributed by atoms with Gasteiger partial charge in [0.15, 0.2) is 6.61 Å². The number of carbonyl (C=O) groups is 3. The Balaban J connectivity index is 2.38. The Kier molecular flexibility index (Phi) is 9.06. The van der Waals surface area contributed by atoms with Gasteiger partial charge in [0.05, 0.1) is 7.11 Å². The van der Waals surface area contributed by atoms with E-state index in [0.29, 0.717) is 24.4 Å². The minimum atomic E-state index is -0.650. The number of nitrogens with one attached hydrogen (secondary N) is 1. The summed E-state index contributed by atoms with van der Waals surface area (Å²) >= 11 is 0. The first-order chi connectivity index (χ1) is 12.0. The third kappa shape index (κ3) is 7.24. The van der Waals surface area contributed by atoms with Gasteiger partial charge in [0.1, 0.15) is 12.3 Å². The SMILES string of the molecule is CCCN(CCC)C(=O)COC(=O)CNC(=O)c1ccc(OC)cc1. The first kappa shape index (κ1) is 20.5. The van der Waals surface area contributed by atoms with E-state index in [-0.39, 0.29) is 19.1 Å². The number of methoxy groups -OCH3 is 1. The number of ether oxygens (including phenoxy) is 2. The molecule has 0 saturated carbocycles. The van der Waals surface area contributed by atoms with Crippen LogP contribution in [0.1, 0.15) is 37.0 Å². The number of benzene rings is 1. The predicted octanol–water partition coefficient (Wildman–Crippen LogP) is 1.62. The third-order valence-electron chi connectivity index (χ3n) is 3.44. The van der Waals surface area contributed by atoms with Gasteiger partial charge in [0.2, 0.25) is 0 Å². The van der Waals surface area contributed by atoms with Gasteiger partial charge in [0, 0.05) is 18.7 Å². The molecule has 25 heavy (non-hydrogen) atoms. The van der Waals surface area contributed by atoms with Crippen molar-refractivity contribution in [2.45, 2.75) is 26.7 Å². The van der Waals surface area contributed by atoms with E-state index in [0.717, 1.165) is 12.8 Å². The van der Waals surface area contributed by atoms with Gasteiger partial charge in [-0.3, -0.25) is 14.4 Å². The standard InChI is InChI=1S/C18H26N2O5/c1-4-10-20(11-5-2)16(21)13-25-17(22)12-19-18(23)14-6-8-15(24-3)9-7-14/h6-9H,4-5,10-13H2,1-3H3,(H,19,23). The molecule has 0 aromatic heterocycles. The molecule has 0 atom stereocenters. The van der Waals surface area contributed by atoms with Crippen LogP contribution in [0.2, 0.25) is 0 Å². The molecule has 138 valence electrons. The number of hydrogen-bond acceptors (Lipinski definition) is 5. The van der Waals surface area contributed by atoms with Crippen LogP contribution in [0.3, 0.4) is 0 Å². The normalized spacial score (nSPS) is 10.0. The molecule has 0 bridgehead atoms. The molecule has 1 aromatic carbocycles. The van der Waals surface area contributed by atoms with Gasteiger partial charge in [-0.05, 0) is 37.1 Å². The average molecular weight is 350 g/mol. The Morgan fingerprint density at radius 1 is 1.04 bits per heavy atom. The molecule has 0 aliphatic rings. The molecule has 2 amide bonds. The van der Waals surface area contributed by atoms with Crippen molar-refractivity contribution in [2.24, 2.45) is 0 Å². The number of hydrogen-bond donors (Lipinski definition) is 1. The van der Waals surface area contributed by atoms with Crippen molar-refractivity contribution in [3.63, 3.8) is 0 Å². The van der Waals surface area contributed by atoms with E-state index in [2.05, 4.69) is 5.32 Å². The number of rotatable bonds is 10. The van der Waals surface area contributed by atoms with Crippen molar-refractivity contribution < 1.29 is 23.9 Å². The maximum Gasteiger partial charge on any atom is 0.325 e. The Hall–Kier alpha value is -2.57. The van der Waals surface area contributed by atoms with Crippen LogP contribution in [-0.2, 0) is 14.3 Å². The highest BCUT2D eigenvalue weighted by Gasteiger charge is 2.15. The monoisotopic (exact) mass is 350 g/mol. The Morgan fingerprint density at radius 3 is 2.16 bits per heavy atom. The van der Waals surface area contributed by atoms with Crippen LogP contribution in [0.5, 0.6) is 5.75 Å². The minimum Gasteiger partial charge on any atom is -0.497 e. The predicted molar refractivity (Wildman–Crippen MR) is 93.4 cm³/mol. The van der Waals surface area contributed by atoms with Crippen molar-refractivity contribution in [1.82, 2.24) is 10.2 Å². The van der Waals surface area contributed by atoms with Crippen molar-refractivity contribution in [1.29, 1.82) is 0 Å². The van der Waals surface area contributed by atoms with Crippen LogP contribution in [0.25, 0.3) is 0 Å². The zero-order valence-corrected chi connectivity index (χ0v) is 15.0. The van der Waals surface area contributed by atoms with Gasteiger partial charge < -0.3 is 19.7 Å². The molecule has 1 rings (SSSR count). The van der Waals surface area contributed by atoms with E-state index in [4.69, 9.17) is 9.47 Å². The zero-order valence-electron chi connectivity index (χ0n) is 15.0. The van der Waals surface area contributed by atoms with Gasteiger partial charge in [0.25, 0.3) is 11.8 Å². The number of nitrogens with zero attached hydrogens (tertiary/aromatic N) is 1. The van der Waals surface area contributed by atoms with E-state index >= 15 is 0 Å². The summed E-state index contributed by atoms with van der Waals surface area (Å²) in [6.07, 6.45) is 1.69. The third-order valence-corrected chi connectivity index (χ3v) is 3.44. The quantitative estimate of drug-likeness (QED) is 0.648. The lowest BCUT2D eigenvalue weighted by atomic mass is 10.2. The fourth-order valence-corrected chi connectivity index (χ4v) is 2.18. The number of carbonyl (C=O) groups excluding carboxylic acids is 3. The molecule has 1 aromatic rings. The maximum absolute atomic E-state index is 12.0. The van der Waals surface area contributed by atoms with Gasteiger partial charge in [-0.1, -0.05) is 13.8 Å². The second-order valence-electron chi connectivity index (χ2n) is 5.45. The fourth-order valence-electron chi connectivity index (χ4n) is 2.18. The lowest BCUT2D eigenvalue weighted by molar-refractivity contribution is -0.151. The first-order valence-electron chi connectivity index (χ1n) is 8.37. The van der Waals surface area contributed by atoms with Gasteiger partial charge in [-0.25, -0.2) is 0 Å². The second kappa shape index (κ2) is 11.1. The summed E-state index contributed by atoms with van der Waals surface area (Å²) in [7, 11) is 1.54. The van der Waals surface area contributed by atoms with Crippen LogP contribution in [-0.4, -0.2) is 56.0 Å². The van der Waals surface area contributed by atoms with Gasteiger partial charge >= 0.3 is 5.97 Å². The first-order valence-corrected chi connectivity index (χ1v) is 8.37. The summed E-state index contributed by atoms with van der Waals surface area (Å²) < 4.78 is 9.95. The minimum absolute atomic E-state index is 0.224. The summed E-state index contributed by atoms with van der Waals surface area (Å²) in [6, 6.07) is 6.50. The molecule has 7 nitrogen and oxygen atoms in total. The topological polar surface area (TPSA) is 84.9 Å². The van der Waals surface area contributed by atoms with Crippen molar-refractivity contribution in [2.75, 3.05) is 33.4 Å². The second-order valence-corrected chi connectivity index (χ2v) is 5.45. The van der Waals surface area contributed by atoms with Gasteiger partial charge in [-0.15, -0.1) is 0 Å². The van der Waals surface area contributed by atoms with E-state index in [1.807, 2.05) is 13.8 Å². The van der Waals surface area contributed by atoms with Crippen molar-refractivity contribution in [3.8, 4) is 5.75 Å². The smallest absolute Gasteiger partial charge is 0.325 e. The molecule has 7 heteroatoms. The fraction of sp³-hybridized carbons (Fsp3) is 0.500. The summed E-state index contributed by atoms with van der Waals surface area (Å²) in [6.45, 7) is 4.64. The molecule has 0 heterocycles. The maximum atomic E-state index is 12.0. The van der Waals surface area contributed by atoms with E-state index < -0.39 is 11.9 Å². The van der Waals surface area contributed by atoms with E-state index in [1.54, 1.807) is 29.2 Å². The number of esters is 1. The summed E-state index contributed by atoms with van der Waals surface area (Å²) in [4.78, 5) is 37.3. The molecule has 0 aliphatic carbocycles. The molecule has 1 N–H and O–H groups in total. The Bertz CT molecular complexity index is 565. The molecular weight excluding hydrogens is 324 g/mol. The summed E-state index contributed by atoms with van der Waals surface area (Å²) in [5.41, 5.74) is 0.404. The summed E-state index contributed by atoms with van der Waals surface area (Å²) in [5.74, 6) is -0.635. The van der Waals surface area contributed by atoms with Gasteiger partial charge in [-0.2, -0.15) is 0 Å². The molecule has 0 radical (unpaired) electrons. The molecule has 0 aliphatic heterocycles. The van der Waals surface area contributed by atoms with Crippen molar-refractivity contribution in [3.05, 3.63) is 29.8 Å². The molecular formula is C18H26N2O5. The van der Waals surface area contributed by atoms with Crippen LogP contribution >= 0.6 is 0 Å². The highest BCUT2D eigenvalue weighted by molar-refractivity contribution is 5.96. The lowest BCUT2D eigenvalue weighted by Gasteiger charge is -2.21. The van der Waals surface area contributed by atoms with Crippen LogP contribution in [0, 0.1) is 0 Å². The zero-order chi connectivity index (χ0) is 18.7. The average Bonchev–Trinajstić information content (AvgIpc) is 2.64. The lowest BCUT2D eigenvalue weighted by Crippen LogP contribution is -2.37. The van der Waals surface area contributed by atoms with Crippen LogP contribution in [0.4, 0.5) is 0 Å². The largest absolute Gasteiger partial charge is 0.497 e. The van der Waals surface area contributed by atoms with Crippen LogP contribution < -0.4 is 10.1 Å². The van der Waals surface area contributed by atoms with E-state index in [9.17, 15) is 14.4 Å². The highest BCUT2D eigenvalue weighted by Crippen LogP contribution is 2.10. The molecule has 0 fully saturated rings. The Morgan fingerprint density at radius 2 is 1.64 bits per heavy atom. The summed E-state index contributed by atoms with van der Waals surface area (Å²) in [5, 5.41) is 2.46. The Labute approximate surface area is 148 Å². The van der Waals surface area contributed by atoms with Crippen LogP contribution in [0.15, 0.2) is 24.3 Å². The highest BCUT2D eigenvalue weighted by atomic mass is 16.5. The van der Waals surface area contributed by atoms with E-state index in [1.165, 1.54) is 7.11 Å². The van der Waals surface area contributed by atoms with Crippen molar-refractivity contribution >= 4 is 17.8 Å². The molecule has 0 spiro atoms. The number of amides is 2. The molecule has 0 unspecified atom stereocenters.